The summed E-state index contributed by atoms with van der Waals surface area (Å²) in [5.41, 5.74) is 0.629. The molecule has 1 saturated carbocycles. The van der Waals surface area contributed by atoms with E-state index in [4.69, 9.17) is 0 Å². The van der Waals surface area contributed by atoms with Gasteiger partial charge in [0.25, 0.3) is 0 Å². The second-order valence-electron chi connectivity index (χ2n) is 6.09. The Morgan fingerprint density at radius 3 is 2.43 bits per heavy atom. The Morgan fingerprint density at radius 1 is 1.29 bits per heavy atom. The van der Waals surface area contributed by atoms with Crippen molar-refractivity contribution < 1.29 is 13.2 Å². The van der Waals surface area contributed by atoms with E-state index in [1.165, 1.54) is 4.88 Å². The van der Waals surface area contributed by atoms with Gasteiger partial charge in [0.1, 0.15) is 5.01 Å². The molecule has 2 nitrogen and oxygen atoms in total. The van der Waals surface area contributed by atoms with Gasteiger partial charge in [0, 0.05) is 17.3 Å². The molecular weight excluding hydrogens is 297 g/mol. The normalized spacial score (nSPS) is 18.8. The van der Waals surface area contributed by atoms with Gasteiger partial charge in [-0.15, -0.1) is 11.3 Å². The predicted octanol–water partition coefficient (Wildman–Crippen LogP) is 4.71. The monoisotopic (exact) mass is 320 g/mol. The van der Waals surface area contributed by atoms with E-state index in [1.54, 1.807) is 11.3 Å². The molecule has 0 radical (unpaired) electrons. The maximum atomic E-state index is 12.4. The van der Waals surface area contributed by atoms with Crippen molar-refractivity contribution >= 4 is 11.3 Å². The molecule has 6 heteroatoms. The number of hydrogen-bond acceptors (Lipinski definition) is 3. The standard InChI is InChI=1S/C15H23F3N2S/c1-4-12-10(2)21-13(19-12)14(3,20-11-6-7-11)8-5-9-15(16,17)18/h11,20H,4-9H2,1-3H3. The van der Waals surface area contributed by atoms with Gasteiger partial charge in [-0.3, -0.25) is 0 Å². The van der Waals surface area contributed by atoms with E-state index >= 15 is 0 Å². The number of aromatic nitrogens is 1. The lowest BCUT2D eigenvalue weighted by atomic mass is 9.95. The van der Waals surface area contributed by atoms with E-state index in [0.717, 1.165) is 30.0 Å². The molecule has 0 bridgehead atoms. The molecule has 0 aliphatic heterocycles. The van der Waals surface area contributed by atoms with Gasteiger partial charge in [0.15, 0.2) is 0 Å². The third-order valence-electron chi connectivity index (χ3n) is 3.94. The zero-order valence-corrected chi connectivity index (χ0v) is 13.6. The Labute approximate surface area is 128 Å². The fourth-order valence-electron chi connectivity index (χ4n) is 2.55. The highest BCUT2D eigenvalue weighted by Gasteiger charge is 2.37. The molecule has 0 saturated heterocycles. The lowest BCUT2D eigenvalue weighted by Crippen LogP contribution is -2.41. The van der Waals surface area contributed by atoms with Crippen LogP contribution in [0.25, 0.3) is 0 Å². The highest BCUT2D eigenvalue weighted by atomic mass is 32.1. The van der Waals surface area contributed by atoms with Crippen LogP contribution in [0.3, 0.4) is 0 Å². The molecule has 0 aromatic carbocycles. The highest BCUT2D eigenvalue weighted by Crippen LogP contribution is 2.36. The third kappa shape index (κ3) is 4.68. The van der Waals surface area contributed by atoms with Gasteiger partial charge in [-0.1, -0.05) is 6.92 Å². The van der Waals surface area contributed by atoms with Crippen LogP contribution in [-0.2, 0) is 12.0 Å². The highest BCUT2D eigenvalue weighted by molar-refractivity contribution is 7.11. The van der Waals surface area contributed by atoms with Gasteiger partial charge in [0.05, 0.1) is 11.2 Å². The van der Waals surface area contributed by atoms with Crippen molar-refractivity contribution in [2.45, 2.75) is 77.1 Å². The number of nitrogens with zero attached hydrogens (tertiary/aromatic N) is 1. The molecule has 1 unspecified atom stereocenters. The summed E-state index contributed by atoms with van der Waals surface area (Å²) in [4.78, 5) is 5.84. The SMILES string of the molecule is CCc1nc(C(C)(CCCC(F)(F)F)NC2CC2)sc1C. The van der Waals surface area contributed by atoms with Gasteiger partial charge in [-0.05, 0) is 46.0 Å². The van der Waals surface area contributed by atoms with Crippen LogP contribution in [0.5, 0.6) is 0 Å². The summed E-state index contributed by atoms with van der Waals surface area (Å²) in [6, 6.07) is 0.440. The van der Waals surface area contributed by atoms with Crippen molar-refractivity contribution in [1.29, 1.82) is 0 Å². The molecule has 21 heavy (non-hydrogen) atoms. The van der Waals surface area contributed by atoms with Crippen LogP contribution in [0.15, 0.2) is 0 Å². The van der Waals surface area contributed by atoms with E-state index in [9.17, 15) is 13.2 Å². The fourth-order valence-corrected chi connectivity index (χ4v) is 3.69. The topological polar surface area (TPSA) is 24.9 Å². The first kappa shape index (κ1) is 16.7. The maximum Gasteiger partial charge on any atom is 0.389 e. The molecule has 1 aromatic rings. The van der Waals surface area contributed by atoms with E-state index in [2.05, 4.69) is 17.2 Å². The number of thiazole rings is 1. The number of aryl methyl sites for hydroxylation is 2. The number of rotatable bonds is 7. The molecule has 2 rings (SSSR count). The first-order valence-corrected chi connectivity index (χ1v) is 8.36. The van der Waals surface area contributed by atoms with Crippen LogP contribution in [0.4, 0.5) is 13.2 Å². The van der Waals surface area contributed by atoms with Gasteiger partial charge < -0.3 is 5.32 Å². The van der Waals surface area contributed by atoms with Crippen molar-refractivity contribution in [1.82, 2.24) is 10.3 Å². The summed E-state index contributed by atoms with van der Waals surface area (Å²) < 4.78 is 37.2. The molecule has 1 aliphatic carbocycles. The molecule has 1 aromatic heterocycles. The van der Waals surface area contributed by atoms with Crippen LogP contribution >= 0.6 is 11.3 Å². The van der Waals surface area contributed by atoms with Crippen molar-refractivity contribution in [3.05, 3.63) is 15.6 Å². The first-order chi connectivity index (χ1) is 9.73. The maximum absolute atomic E-state index is 12.4. The van der Waals surface area contributed by atoms with E-state index < -0.39 is 18.1 Å². The second kappa shape index (κ2) is 6.24. The molecule has 1 N–H and O–H groups in total. The van der Waals surface area contributed by atoms with Crippen LogP contribution in [0.1, 0.15) is 61.5 Å². The van der Waals surface area contributed by atoms with Crippen molar-refractivity contribution in [3.63, 3.8) is 0 Å². The molecule has 1 fully saturated rings. The van der Waals surface area contributed by atoms with E-state index in [0.29, 0.717) is 12.5 Å². The first-order valence-electron chi connectivity index (χ1n) is 7.55. The Morgan fingerprint density at radius 2 is 1.95 bits per heavy atom. The summed E-state index contributed by atoms with van der Waals surface area (Å²) >= 11 is 1.62. The average molecular weight is 320 g/mol. The molecule has 1 atom stereocenters. The van der Waals surface area contributed by atoms with Crippen molar-refractivity contribution in [2.75, 3.05) is 0 Å². The lowest BCUT2D eigenvalue weighted by Gasteiger charge is -2.29. The summed E-state index contributed by atoms with van der Waals surface area (Å²) in [5.74, 6) is 0. The summed E-state index contributed by atoms with van der Waals surface area (Å²) in [5, 5.41) is 4.45. The van der Waals surface area contributed by atoms with Gasteiger partial charge in [-0.25, -0.2) is 4.98 Å². The largest absolute Gasteiger partial charge is 0.389 e. The second-order valence-corrected chi connectivity index (χ2v) is 7.30. The molecule has 1 aliphatic rings. The van der Waals surface area contributed by atoms with Crippen LogP contribution in [-0.4, -0.2) is 17.2 Å². The molecule has 0 amide bonds. The minimum absolute atomic E-state index is 0.139. The van der Waals surface area contributed by atoms with Crippen LogP contribution in [0.2, 0.25) is 0 Å². The number of halogens is 3. The summed E-state index contributed by atoms with van der Waals surface area (Å²) in [6.45, 7) is 6.09. The van der Waals surface area contributed by atoms with Crippen LogP contribution < -0.4 is 5.32 Å². The summed E-state index contributed by atoms with van der Waals surface area (Å²) in [6.07, 6.45) is -1.10. The van der Waals surface area contributed by atoms with Gasteiger partial charge in [-0.2, -0.15) is 13.2 Å². The molecule has 1 heterocycles. The predicted molar refractivity (Wildman–Crippen MR) is 79.6 cm³/mol. The zero-order chi connectivity index (χ0) is 15.7. The minimum Gasteiger partial charge on any atom is -0.303 e. The van der Waals surface area contributed by atoms with Gasteiger partial charge in [0.2, 0.25) is 0 Å². The third-order valence-corrected chi connectivity index (χ3v) is 5.21. The smallest absolute Gasteiger partial charge is 0.303 e. The number of hydrogen-bond donors (Lipinski definition) is 1. The van der Waals surface area contributed by atoms with Crippen LogP contribution in [0, 0.1) is 6.92 Å². The van der Waals surface area contributed by atoms with E-state index in [1.807, 2.05) is 13.8 Å². The number of alkyl halides is 3. The summed E-state index contributed by atoms with van der Waals surface area (Å²) in [7, 11) is 0. The lowest BCUT2D eigenvalue weighted by molar-refractivity contribution is -0.136. The number of nitrogens with one attached hydrogen (secondary N) is 1. The van der Waals surface area contributed by atoms with Gasteiger partial charge >= 0.3 is 6.18 Å². The Kier molecular flexibility index (Phi) is 4.98. The fraction of sp³-hybridized carbons (Fsp3) is 0.800. The minimum atomic E-state index is -4.08. The average Bonchev–Trinajstić information content (AvgIpc) is 3.07. The Hall–Kier alpha value is -0.620. The molecular formula is C15H23F3N2S. The zero-order valence-electron chi connectivity index (χ0n) is 12.8. The van der Waals surface area contributed by atoms with Crippen molar-refractivity contribution in [3.8, 4) is 0 Å². The molecule has 120 valence electrons. The quantitative estimate of drug-likeness (QED) is 0.787. The van der Waals surface area contributed by atoms with Crippen molar-refractivity contribution in [2.24, 2.45) is 0 Å². The van der Waals surface area contributed by atoms with E-state index in [-0.39, 0.29) is 6.42 Å². The Bertz CT molecular complexity index is 480. The Balaban J connectivity index is 2.11. The molecule has 0 spiro atoms.